The van der Waals surface area contributed by atoms with E-state index in [4.69, 9.17) is 0 Å². The molecule has 2 aliphatic rings. The molecule has 0 aliphatic heterocycles. The molecule has 0 saturated heterocycles. The van der Waals surface area contributed by atoms with Crippen molar-refractivity contribution >= 4 is 31.7 Å². The Morgan fingerprint density at radius 2 is 1.00 bits per heavy atom. The summed E-state index contributed by atoms with van der Waals surface area (Å²) in [4.78, 5) is 0. The van der Waals surface area contributed by atoms with Crippen LogP contribution < -0.4 is 0 Å². The zero-order chi connectivity index (χ0) is 20.4. The van der Waals surface area contributed by atoms with Crippen LogP contribution in [0.15, 0.2) is 34.4 Å². The molecule has 0 N–H and O–H groups in total. The van der Waals surface area contributed by atoms with Gasteiger partial charge in [0, 0.05) is 0 Å². The van der Waals surface area contributed by atoms with Gasteiger partial charge in [-0.15, -0.1) is 37.7 Å². The predicted molar refractivity (Wildman–Crippen MR) is 144 cm³/mol. The standard InChI is InChI=1S/2C12H19.2CH3.2ClH.H2Si.Zr/c2*1-5-6-10-7-8-11(9-10)12(2,3)4;;;;;;/h2*9H,5-6,8H2,1-4H3;2*1H3;2*1H;1H2;/q4*-1;;;;. The molecule has 0 atom stereocenters. The molecular weight excluding hydrogens is 503 g/mol. The van der Waals surface area contributed by atoms with Crippen LogP contribution in [-0.4, -0.2) is 6.88 Å². The first-order valence-electron chi connectivity index (χ1n) is 10.0. The second-order valence-corrected chi connectivity index (χ2v) is 9.10. The summed E-state index contributed by atoms with van der Waals surface area (Å²) in [6.45, 7) is 20.0. The third kappa shape index (κ3) is 16.3. The van der Waals surface area contributed by atoms with Gasteiger partial charge in [0.15, 0.2) is 0 Å². The molecule has 2 aliphatic carbocycles. The Bertz CT molecular complexity index is 509. The number of hydrogen-bond acceptors (Lipinski definition) is 0. The molecule has 0 aromatic rings. The summed E-state index contributed by atoms with van der Waals surface area (Å²) in [5, 5.41) is 0. The molecule has 0 bridgehead atoms. The molecule has 0 saturated carbocycles. The number of rotatable bonds is 4. The van der Waals surface area contributed by atoms with E-state index >= 15 is 0 Å². The molecule has 178 valence electrons. The van der Waals surface area contributed by atoms with Crippen LogP contribution in [0.3, 0.4) is 0 Å². The van der Waals surface area contributed by atoms with Crippen molar-refractivity contribution in [3.05, 3.63) is 61.4 Å². The molecule has 0 amide bonds. The van der Waals surface area contributed by atoms with Crippen molar-refractivity contribution in [2.45, 2.75) is 93.9 Å². The average molecular weight is 551 g/mol. The Kier molecular flexibility index (Phi) is 27.7. The molecular formula is C26H48Cl2SiZr-4. The van der Waals surface area contributed by atoms with Gasteiger partial charge in [-0.2, -0.15) is 11.1 Å². The second kappa shape index (κ2) is 20.3. The van der Waals surface area contributed by atoms with Gasteiger partial charge in [0.05, 0.1) is 0 Å². The van der Waals surface area contributed by atoms with E-state index in [0.717, 1.165) is 12.8 Å². The fourth-order valence-corrected chi connectivity index (χ4v) is 2.87. The molecule has 0 aromatic carbocycles. The van der Waals surface area contributed by atoms with E-state index in [-0.39, 0.29) is 39.7 Å². The number of halogens is 2. The van der Waals surface area contributed by atoms with Gasteiger partial charge in [-0.05, 0) is 10.8 Å². The van der Waals surface area contributed by atoms with E-state index in [9.17, 15) is 0 Å². The molecule has 4 heteroatoms. The quantitative estimate of drug-likeness (QED) is 0.243. The minimum atomic E-state index is 0. The molecule has 0 radical (unpaired) electrons. The summed E-state index contributed by atoms with van der Waals surface area (Å²) in [7, 11) is 0. The van der Waals surface area contributed by atoms with E-state index in [1.165, 1.54) is 48.0 Å². The molecule has 0 nitrogen and oxygen atoms in total. The van der Waals surface area contributed by atoms with Gasteiger partial charge in [-0.25, -0.2) is 23.3 Å². The van der Waals surface area contributed by atoms with Gasteiger partial charge in [0.1, 0.15) is 0 Å². The Hall–Kier alpha value is 0.640. The summed E-state index contributed by atoms with van der Waals surface area (Å²) in [5.74, 6) is 0. The van der Waals surface area contributed by atoms with Crippen LogP contribution in [0.1, 0.15) is 93.9 Å². The molecule has 30 heavy (non-hydrogen) atoms. The summed E-state index contributed by atoms with van der Waals surface area (Å²) in [5.41, 5.74) is 6.58. The maximum atomic E-state index is 3.44. The molecule has 0 aromatic heterocycles. The van der Waals surface area contributed by atoms with Crippen molar-refractivity contribution < 1.29 is 23.3 Å². The van der Waals surface area contributed by atoms with E-state index in [2.05, 4.69) is 79.7 Å². The Labute approximate surface area is 219 Å². The number of hydrogen-bond donors (Lipinski definition) is 0. The van der Waals surface area contributed by atoms with Crippen LogP contribution >= 0.6 is 24.8 Å². The van der Waals surface area contributed by atoms with Crippen molar-refractivity contribution in [1.29, 1.82) is 0 Å². The summed E-state index contributed by atoms with van der Waals surface area (Å²) in [6, 6.07) is 0. The van der Waals surface area contributed by atoms with Gasteiger partial charge in [-0.1, -0.05) is 81.1 Å². The third-order valence-electron chi connectivity index (χ3n) is 4.67. The van der Waals surface area contributed by atoms with Gasteiger partial charge in [-0.3, -0.25) is 12.2 Å². The summed E-state index contributed by atoms with van der Waals surface area (Å²) >= 11 is 1.58. The van der Waals surface area contributed by atoms with Gasteiger partial charge < -0.3 is 14.9 Å². The van der Waals surface area contributed by atoms with E-state index in [1.807, 2.05) is 6.88 Å². The van der Waals surface area contributed by atoms with Crippen molar-refractivity contribution in [3.8, 4) is 0 Å². The van der Waals surface area contributed by atoms with Crippen LogP contribution in [0, 0.1) is 37.8 Å². The van der Waals surface area contributed by atoms with Gasteiger partial charge in [0.25, 0.3) is 0 Å². The molecule has 0 heterocycles. The topological polar surface area (TPSA) is 0 Å². The Morgan fingerprint density at radius 3 is 1.17 bits per heavy atom. The monoisotopic (exact) mass is 548 g/mol. The molecule has 0 spiro atoms. The first kappa shape index (κ1) is 40.9. The Balaban J connectivity index is -0.000000114. The summed E-state index contributed by atoms with van der Waals surface area (Å²) < 4.78 is 0. The summed E-state index contributed by atoms with van der Waals surface area (Å²) in [6.07, 6.45) is 18.5. The zero-order valence-corrected chi connectivity index (χ0v) is 26.9. The van der Waals surface area contributed by atoms with Crippen LogP contribution in [0.4, 0.5) is 0 Å². The van der Waals surface area contributed by atoms with Crippen LogP contribution in [0.5, 0.6) is 0 Å². The van der Waals surface area contributed by atoms with Crippen LogP contribution in [-0.2, 0) is 23.3 Å². The predicted octanol–water partition coefficient (Wildman–Crippen LogP) is 8.61. The average Bonchev–Trinajstić information content (AvgIpc) is 3.19. The SMILES string of the molecule is CCCC1=[C-]CC(C(C)(C)C)=C1.CCCC1=[C-]CC(C(C)(C)C)=C1.Cl.Cl.[CH3-].[CH3-].[SiH2]=[Zr]. The van der Waals surface area contributed by atoms with Crippen molar-refractivity contribution in [3.63, 3.8) is 0 Å². The van der Waals surface area contributed by atoms with E-state index in [1.54, 1.807) is 23.3 Å². The normalized spacial score (nSPS) is 14.2. The minimum absolute atomic E-state index is 0. The zero-order valence-electron chi connectivity index (χ0n) is 21.4. The molecule has 0 unspecified atom stereocenters. The number of allylic oxidation sites excluding steroid dienone is 8. The third-order valence-corrected chi connectivity index (χ3v) is 4.67. The fraction of sp³-hybridized carbons (Fsp3) is 0.615. The van der Waals surface area contributed by atoms with Crippen molar-refractivity contribution in [2.24, 2.45) is 10.8 Å². The van der Waals surface area contributed by atoms with E-state index in [0.29, 0.717) is 10.8 Å². The van der Waals surface area contributed by atoms with Gasteiger partial charge in [0.2, 0.25) is 0 Å². The first-order chi connectivity index (χ1) is 12.1. The second-order valence-electron chi connectivity index (χ2n) is 9.10. The van der Waals surface area contributed by atoms with Crippen LogP contribution in [0.25, 0.3) is 0 Å². The van der Waals surface area contributed by atoms with Gasteiger partial charge >= 0.3 is 30.2 Å². The Morgan fingerprint density at radius 1 is 0.733 bits per heavy atom. The molecule has 0 fully saturated rings. The molecule has 2 rings (SSSR count). The van der Waals surface area contributed by atoms with Crippen LogP contribution in [0.2, 0.25) is 0 Å². The van der Waals surface area contributed by atoms with E-state index < -0.39 is 0 Å². The van der Waals surface area contributed by atoms with Crippen molar-refractivity contribution in [2.75, 3.05) is 0 Å². The van der Waals surface area contributed by atoms with Crippen molar-refractivity contribution in [1.82, 2.24) is 0 Å². The maximum absolute atomic E-state index is 3.44. The first-order valence-corrected chi connectivity index (χ1v) is 16.0. The fourth-order valence-electron chi connectivity index (χ4n) is 2.87.